The number of carbonyl (C=O) groups is 1. The Bertz CT molecular complexity index is 1010. The molecule has 4 atom stereocenters. The van der Waals surface area contributed by atoms with Gasteiger partial charge in [0.1, 0.15) is 24.1 Å². The molecule has 186 valence electrons. The zero-order valence-corrected chi connectivity index (χ0v) is 18.8. The number of hydrogen-bond donors (Lipinski definition) is 6. The van der Waals surface area contributed by atoms with Crippen LogP contribution in [0, 0.1) is 0 Å². The van der Waals surface area contributed by atoms with Gasteiger partial charge in [-0.3, -0.25) is 14.8 Å². The number of rotatable bonds is 12. The van der Waals surface area contributed by atoms with Crippen LogP contribution in [0.3, 0.4) is 0 Å². The third-order valence-corrected chi connectivity index (χ3v) is 5.07. The molecule has 11 heteroatoms. The van der Waals surface area contributed by atoms with Gasteiger partial charge in [-0.1, -0.05) is 12.1 Å². The van der Waals surface area contributed by atoms with Gasteiger partial charge >= 0.3 is 0 Å². The fraction of sp³-hybridized carbons (Fsp3) is 0.333. The lowest BCUT2D eigenvalue weighted by molar-refractivity contribution is -0.148. The fourth-order valence-electron chi connectivity index (χ4n) is 3.14. The minimum absolute atomic E-state index is 0.118. The first kappa shape index (κ1) is 26.1. The molecule has 0 bridgehead atoms. The van der Waals surface area contributed by atoms with Gasteiger partial charge < -0.3 is 35.6 Å². The van der Waals surface area contributed by atoms with E-state index < -0.39 is 36.9 Å². The van der Waals surface area contributed by atoms with E-state index in [0.717, 1.165) is 0 Å². The molecule has 0 saturated carbocycles. The molecule has 3 heterocycles. The maximum atomic E-state index is 12.0. The predicted octanol–water partition coefficient (Wildman–Crippen LogP) is -0.473. The van der Waals surface area contributed by atoms with Crippen molar-refractivity contribution in [3.05, 3.63) is 60.9 Å². The van der Waals surface area contributed by atoms with Gasteiger partial charge in [0.2, 0.25) is 0 Å². The molecule has 0 radical (unpaired) electrons. The van der Waals surface area contributed by atoms with E-state index >= 15 is 0 Å². The summed E-state index contributed by atoms with van der Waals surface area (Å²) >= 11 is 0. The van der Waals surface area contributed by atoms with Crippen LogP contribution < -0.4 is 10.1 Å². The van der Waals surface area contributed by atoms with Crippen LogP contribution in [0.2, 0.25) is 0 Å². The summed E-state index contributed by atoms with van der Waals surface area (Å²) in [7, 11) is 0. The number of nitrogens with one attached hydrogen (secondary N) is 1. The Hall–Kier alpha value is -3.48. The van der Waals surface area contributed by atoms with Gasteiger partial charge in [0.15, 0.2) is 6.10 Å². The summed E-state index contributed by atoms with van der Waals surface area (Å²) in [6.07, 6.45) is -3.79. The molecule has 11 nitrogen and oxygen atoms in total. The number of amides is 1. The number of pyridine rings is 3. The molecule has 6 N–H and O–H groups in total. The van der Waals surface area contributed by atoms with Gasteiger partial charge in [0, 0.05) is 31.1 Å². The Morgan fingerprint density at radius 3 is 2.00 bits per heavy atom. The molecule has 3 rings (SSSR count). The molecule has 0 aliphatic rings. The third kappa shape index (κ3) is 7.25. The Balaban J connectivity index is 1.58. The van der Waals surface area contributed by atoms with Gasteiger partial charge in [-0.15, -0.1) is 0 Å². The van der Waals surface area contributed by atoms with Gasteiger partial charge in [0.05, 0.1) is 36.0 Å². The molecular formula is C24H28N4O7. The summed E-state index contributed by atoms with van der Waals surface area (Å²) in [6.45, 7) is -0.492. The highest BCUT2D eigenvalue weighted by Gasteiger charge is 2.33. The average molecular weight is 485 g/mol. The van der Waals surface area contributed by atoms with Crippen LogP contribution in [0.25, 0.3) is 22.8 Å². The molecule has 3 aromatic rings. The van der Waals surface area contributed by atoms with Crippen molar-refractivity contribution in [1.82, 2.24) is 20.3 Å². The van der Waals surface area contributed by atoms with Crippen molar-refractivity contribution in [3.63, 3.8) is 0 Å². The highest BCUT2D eigenvalue weighted by Crippen LogP contribution is 2.26. The second kappa shape index (κ2) is 12.8. The Morgan fingerprint density at radius 2 is 1.49 bits per heavy atom. The maximum absolute atomic E-state index is 12.0. The number of aliphatic hydroxyl groups excluding tert-OH is 5. The summed E-state index contributed by atoms with van der Waals surface area (Å²) in [4.78, 5) is 25.3. The van der Waals surface area contributed by atoms with Crippen molar-refractivity contribution < 1.29 is 35.1 Å². The number of nitrogens with zero attached hydrogens (tertiary/aromatic N) is 3. The van der Waals surface area contributed by atoms with Crippen LogP contribution in [0.1, 0.15) is 6.42 Å². The SMILES string of the molecule is O=C(NCCCOc1cc(-c2ccccn2)nc(-c2ccccn2)c1)C(O)C(O)C(O)C(O)CO. The summed E-state index contributed by atoms with van der Waals surface area (Å²) in [5.74, 6) is -0.398. The first-order chi connectivity index (χ1) is 16.9. The zero-order valence-electron chi connectivity index (χ0n) is 18.8. The second-order valence-electron chi connectivity index (χ2n) is 7.67. The first-order valence-electron chi connectivity index (χ1n) is 11.0. The standard InChI is InChI=1S/C24H28N4O7/c29-14-20(30)21(31)22(32)23(33)24(34)27-10-5-11-35-15-12-18(16-6-1-3-8-25-16)28-19(13-15)17-7-2-4-9-26-17/h1-4,6-9,12-13,20-23,29-33H,5,10-11,14H2,(H,27,34). The molecule has 0 saturated heterocycles. The Kier molecular flexibility index (Phi) is 9.58. The van der Waals surface area contributed by atoms with E-state index in [1.54, 1.807) is 24.5 Å². The van der Waals surface area contributed by atoms with E-state index in [0.29, 0.717) is 34.9 Å². The van der Waals surface area contributed by atoms with Crippen molar-refractivity contribution in [2.24, 2.45) is 0 Å². The lowest BCUT2D eigenvalue weighted by atomic mass is 10.0. The molecule has 1 amide bonds. The molecule has 3 aromatic heterocycles. The van der Waals surface area contributed by atoms with Crippen molar-refractivity contribution in [3.8, 4) is 28.5 Å². The van der Waals surface area contributed by atoms with Crippen LogP contribution >= 0.6 is 0 Å². The van der Waals surface area contributed by atoms with E-state index in [1.807, 2.05) is 36.4 Å². The first-order valence-corrected chi connectivity index (χ1v) is 11.0. The van der Waals surface area contributed by atoms with Crippen molar-refractivity contribution >= 4 is 5.91 Å². The molecule has 0 spiro atoms. The zero-order chi connectivity index (χ0) is 25.2. The predicted molar refractivity (Wildman–Crippen MR) is 125 cm³/mol. The number of ether oxygens (including phenoxy) is 1. The topological polar surface area (TPSA) is 178 Å². The summed E-state index contributed by atoms with van der Waals surface area (Å²) < 4.78 is 5.84. The Labute approximate surface area is 201 Å². The Morgan fingerprint density at radius 1 is 0.886 bits per heavy atom. The number of aromatic nitrogens is 3. The van der Waals surface area contributed by atoms with Gasteiger partial charge in [-0.2, -0.15) is 0 Å². The molecule has 4 unspecified atom stereocenters. The molecule has 0 aromatic carbocycles. The molecule has 35 heavy (non-hydrogen) atoms. The second-order valence-corrected chi connectivity index (χ2v) is 7.67. The van der Waals surface area contributed by atoms with Gasteiger partial charge in [-0.05, 0) is 30.7 Å². The largest absolute Gasteiger partial charge is 0.493 e. The minimum Gasteiger partial charge on any atom is -0.493 e. The molecule has 0 aliphatic carbocycles. The lowest BCUT2D eigenvalue weighted by Gasteiger charge is -2.24. The monoisotopic (exact) mass is 484 g/mol. The highest BCUT2D eigenvalue weighted by molar-refractivity contribution is 5.81. The molecule has 0 aliphatic heterocycles. The fourth-order valence-corrected chi connectivity index (χ4v) is 3.14. The lowest BCUT2D eigenvalue weighted by Crippen LogP contribution is -2.51. The van der Waals surface area contributed by atoms with Gasteiger partial charge in [-0.25, -0.2) is 4.98 Å². The van der Waals surface area contributed by atoms with Crippen LogP contribution in [0.5, 0.6) is 5.75 Å². The van der Waals surface area contributed by atoms with E-state index in [4.69, 9.17) is 9.84 Å². The maximum Gasteiger partial charge on any atom is 0.251 e. The number of carbonyl (C=O) groups excluding carboxylic acids is 1. The summed E-state index contributed by atoms with van der Waals surface area (Å²) in [6, 6.07) is 14.5. The minimum atomic E-state index is -1.98. The number of aliphatic hydroxyl groups is 5. The van der Waals surface area contributed by atoms with Gasteiger partial charge in [0.25, 0.3) is 5.91 Å². The quantitative estimate of drug-likeness (QED) is 0.184. The van der Waals surface area contributed by atoms with E-state index in [2.05, 4.69) is 20.3 Å². The average Bonchev–Trinajstić information content (AvgIpc) is 2.91. The molecule has 0 fully saturated rings. The van der Waals surface area contributed by atoms with Crippen LogP contribution in [-0.4, -0.2) is 90.6 Å². The smallest absolute Gasteiger partial charge is 0.251 e. The van der Waals surface area contributed by atoms with Crippen LogP contribution in [0.15, 0.2) is 60.9 Å². The van der Waals surface area contributed by atoms with Crippen molar-refractivity contribution in [2.45, 2.75) is 30.8 Å². The molecular weight excluding hydrogens is 456 g/mol. The summed E-state index contributed by atoms with van der Waals surface area (Å²) in [5.41, 5.74) is 2.56. The number of hydrogen-bond acceptors (Lipinski definition) is 10. The normalized spacial score (nSPS) is 14.5. The van der Waals surface area contributed by atoms with Crippen molar-refractivity contribution in [2.75, 3.05) is 19.8 Å². The van der Waals surface area contributed by atoms with Crippen molar-refractivity contribution in [1.29, 1.82) is 0 Å². The third-order valence-electron chi connectivity index (χ3n) is 5.07. The summed E-state index contributed by atoms with van der Waals surface area (Å²) in [5, 5.41) is 49.8. The highest BCUT2D eigenvalue weighted by atomic mass is 16.5. The van der Waals surface area contributed by atoms with E-state index in [1.165, 1.54) is 0 Å². The van der Waals surface area contributed by atoms with E-state index in [-0.39, 0.29) is 13.2 Å². The van der Waals surface area contributed by atoms with Crippen LogP contribution in [0.4, 0.5) is 0 Å². The van der Waals surface area contributed by atoms with E-state index in [9.17, 15) is 25.2 Å². The van der Waals surface area contributed by atoms with Crippen LogP contribution in [-0.2, 0) is 4.79 Å².